The van der Waals surface area contributed by atoms with Crippen molar-refractivity contribution in [2.45, 2.75) is 38.5 Å². The molecule has 1 aliphatic carbocycles. The zero-order chi connectivity index (χ0) is 13.5. The summed E-state index contributed by atoms with van der Waals surface area (Å²) >= 11 is 0. The summed E-state index contributed by atoms with van der Waals surface area (Å²) in [5, 5.41) is 0. The van der Waals surface area contributed by atoms with E-state index in [0.29, 0.717) is 31.0 Å². The van der Waals surface area contributed by atoms with E-state index in [-0.39, 0.29) is 0 Å². The van der Waals surface area contributed by atoms with Gasteiger partial charge in [-0.2, -0.15) is 0 Å². The third-order valence-corrected chi connectivity index (χ3v) is 4.42. The molecule has 0 aromatic carbocycles. The minimum absolute atomic E-state index is 0.328. The summed E-state index contributed by atoms with van der Waals surface area (Å²) in [6.07, 6.45) is 6.87. The molecule has 2 rings (SSSR count). The highest BCUT2D eigenvalue weighted by atomic mass is 16.5. The maximum atomic E-state index is 12.3. The van der Waals surface area contributed by atoms with Crippen molar-refractivity contribution in [1.29, 1.82) is 0 Å². The van der Waals surface area contributed by atoms with Gasteiger partial charge in [-0.1, -0.05) is 12.8 Å². The molecule has 110 valence electrons. The van der Waals surface area contributed by atoms with Crippen molar-refractivity contribution in [2.24, 2.45) is 11.8 Å². The molecule has 19 heavy (non-hydrogen) atoms. The van der Waals surface area contributed by atoms with E-state index in [4.69, 9.17) is 9.47 Å². The molecular weight excluding hydrogens is 242 g/mol. The summed E-state index contributed by atoms with van der Waals surface area (Å²) in [6.45, 7) is 4.01. The molecule has 0 aromatic heterocycles. The second kappa shape index (κ2) is 7.85. The quantitative estimate of drug-likeness (QED) is 0.693. The van der Waals surface area contributed by atoms with Crippen LogP contribution < -0.4 is 0 Å². The van der Waals surface area contributed by atoms with Crippen LogP contribution >= 0.6 is 0 Å². The first-order valence-electron chi connectivity index (χ1n) is 7.66. The molecule has 0 spiro atoms. The van der Waals surface area contributed by atoms with Crippen molar-refractivity contribution in [3.8, 4) is 0 Å². The van der Waals surface area contributed by atoms with Gasteiger partial charge in [0.15, 0.2) is 0 Å². The smallest absolute Gasteiger partial charge is 0.225 e. The average molecular weight is 269 g/mol. The van der Waals surface area contributed by atoms with Gasteiger partial charge in [0.05, 0.1) is 13.2 Å². The van der Waals surface area contributed by atoms with E-state index in [2.05, 4.69) is 4.90 Å². The van der Waals surface area contributed by atoms with Crippen LogP contribution in [0, 0.1) is 11.8 Å². The van der Waals surface area contributed by atoms with E-state index in [1.807, 2.05) is 0 Å². The van der Waals surface area contributed by atoms with E-state index < -0.39 is 0 Å². The van der Waals surface area contributed by atoms with Gasteiger partial charge < -0.3 is 14.4 Å². The fourth-order valence-electron chi connectivity index (χ4n) is 3.14. The number of hydrogen-bond donors (Lipinski definition) is 0. The number of carbonyl (C=O) groups excluding carboxylic acids is 1. The summed E-state index contributed by atoms with van der Waals surface area (Å²) in [5.41, 5.74) is 0. The lowest BCUT2D eigenvalue weighted by atomic mass is 9.96. The number of likely N-dealkylation sites (tertiary alicyclic amines) is 1. The monoisotopic (exact) mass is 269 g/mol. The van der Waals surface area contributed by atoms with Crippen LogP contribution in [-0.4, -0.2) is 50.8 Å². The number of amides is 1. The topological polar surface area (TPSA) is 38.8 Å². The Bertz CT molecular complexity index is 269. The van der Waals surface area contributed by atoms with Gasteiger partial charge in [0.2, 0.25) is 5.91 Å². The van der Waals surface area contributed by atoms with Gasteiger partial charge in [-0.3, -0.25) is 4.79 Å². The molecule has 4 heteroatoms. The highest BCUT2D eigenvalue weighted by Gasteiger charge is 2.29. The first-order valence-corrected chi connectivity index (χ1v) is 7.66. The van der Waals surface area contributed by atoms with Crippen molar-refractivity contribution >= 4 is 5.91 Å². The molecule has 4 nitrogen and oxygen atoms in total. The van der Waals surface area contributed by atoms with Gasteiger partial charge in [-0.05, 0) is 31.6 Å². The Hall–Kier alpha value is -0.610. The molecule has 1 aliphatic heterocycles. The Morgan fingerprint density at radius 3 is 2.42 bits per heavy atom. The van der Waals surface area contributed by atoms with Gasteiger partial charge >= 0.3 is 0 Å². The van der Waals surface area contributed by atoms with E-state index in [1.54, 1.807) is 7.11 Å². The van der Waals surface area contributed by atoms with E-state index in [0.717, 1.165) is 45.4 Å². The standard InChI is InChI=1S/C15H27NO3/c1-18-10-11-19-12-13-6-8-16(9-7-13)15(17)14-4-2-3-5-14/h13-14H,2-12H2,1H3. The number of piperidine rings is 1. The molecule has 2 fully saturated rings. The second-order valence-corrected chi connectivity index (χ2v) is 5.82. The van der Waals surface area contributed by atoms with Gasteiger partial charge in [0.25, 0.3) is 0 Å². The molecule has 0 atom stereocenters. The maximum absolute atomic E-state index is 12.3. The fourth-order valence-corrected chi connectivity index (χ4v) is 3.14. The summed E-state index contributed by atoms with van der Waals surface area (Å²) in [7, 11) is 1.69. The normalized spacial score (nSPS) is 22.1. The van der Waals surface area contributed by atoms with Crippen molar-refractivity contribution in [3.05, 3.63) is 0 Å². The van der Waals surface area contributed by atoms with Gasteiger partial charge in [-0.15, -0.1) is 0 Å². The maximum Gasteiger partial charge on any atom is 0.225 e. The summed E-state index contributed by atoms with van der Waals surface area (Å²) in [4.78, 5) is 14.4. The molecule has 0 bridgehead atoms. The number of ether oxygens (including phenoxy) is 2. The zero-order valence-electron chi connectivity index (χ0n) is 12.1. The number of hydrogen-bond acceptors (Lipinski definition) is 3. The van der Waals surface area contributed by atoms with Crippen LogP contribution in [0.1, 0.15) is 38.5 Å². The van der Waals surface area contributed by atoms with Crippen LogP contribution in [0.15, 0.2) is 0 Å². The number of carbonyl (C=O) groups is 1. The minimum Gasteiger partial charge on any atom is -0.382 e. The van der Waals surface area contributed by atoms with Crippen molar-refractivity contribution in [2.75, 3.05) is 40.0 Å². The average Bonchev–Trinajstić information content (AvgIpc) is 2.98. The highest BCUT2D eigenvalue weighted by Crippen LogP contribution is 2.28. The zero-order valence-corrected chi connectivity index (χ0v) is 12.1. The Balaban J connectivity index is 1.63. The van der Waals surface area contributed by atoms with Crippen LogP contribution in [0.25, 0.3) is 0 Å². The molecule has 0 unspecified atom stereocenters. The molecule has 1 amide bonds. The van der Waals surface area contributed by atoms with Crippen LogP contribution in [-0.2, 0) is 14.3 Å². The predicted octanol–water partition coefficient (Wildman–Crippen LogP) is 2.08. The van der Waals surface area contributed by atoms with Crippen molar-refractivity contribution in [1.82, 2.24) is 4.90 Å². The minimum atomic E-state index is 0.328. The molecular formula is C15H27NO3. The van der Waals surface area contributed by atoms with E-state index >= 15 is 0 Å². The van der Waals surface area contributed by atoms with Gasteiger partial charge in [0.1, 0.15) is 0 Å². The van der Waals surface area contributed by atoms with Crippen LogP contribution in [0.2, 0.25) is 0 Å². The second-order valence-electron chi connectivity index (χ2n) is 5.82. The first kappa shape index (κ1) is 14.8. The van der Waals surface area contributed by atoms with Crippen LogP contribution in [0.4, 0.5) is 0 Å². The van der Waals surface area contributed by atoms with E-state index in [1.165, 1.54) is 12.8 Å². The molecule has 1 saturated heterocycles. The fraction of sp³-hybridized carbons (Fsp3) is 0.933. The number of methoxy groups -OCH3 is 1. The largest absolute Gasteiger partial charge is 0.382 e. The Labute approximate surface area is 116 Å². The molecule has 1 heterocycles. The van der Waals surface area contributed by atoms with Gasteiger partial charge in [-0.25, -0.2) is 0 Å². The molecule has 1 saturated carbocycles. The predicted molar refractivity (Wildman–Crippen MR) is 74.0 cm³/mol. The van der Waals surface area contributed by atoms with Crippen LogP contribution in [0.5, 0.6) is 0 Å². The Morgan fingerprint density at radius 2 is 1.79 bits per heavy atom. The highest BCUT2D eigenvalue weighted by molar-refractivity contribution is 5.79. The lowest BCUT2D eigenvalue weighted by Crippen LogP contribution is -2.42. The third-order valence-electron chi connectivity index (χ3n) is 4.42. The molecule has 2 aliphatic rings. The number of rotatable bonds is 6. The summed E-state index contributed by atoms with van der Waals surface area (Å²) in [6, 6.07) is 0. The SMILES string of the molecule is COCCOCC1CCN(C(=O)C2CCCC2)CC1. The number of nitrogens with zero attached hydrogens (tertiary/aromatic N) is 1. The first-order chi connectivity index (χ1) is 9.31. The van der Waals surface area contributed by atoms with Gasteiger partial charge in [0, 0.05) is 32.7 Å². The van der Waals surface area contributed by atoms with Crippen molar-refractivity contribution in [3.63, 3.8) is 0 Å². The Kier molecular flexibility index (Phi) is 6.11. The lowest BCUT2D eigenvalue weighted by molar-refractivity contribution is -0.137. The lowest BCUT2D eigenvalue weighted by Gasteiger charge is -2.33. The Morgan fingerprint density at radius 1 is 1.11 bits per heavy atom. The third kappa shape index (κ3) is 4.46. The van der Waals surface area contributed by atoms with Crippen LogP contribution in [0.3, 0.4) is 0 Å². The molecule has 0 aromatic rings. The molecule has 0 N–H and O–H groups in total. The summed E-state index contributed by atoms with van der Waals surface area (Å²) in [5.74, 6) is 1.36. The van der Waals surface area contributed by atoms with Crippen molar-refractivity contribution < 1.29 is 14.3 Å². The molecule has 0 radical (unpaired) electrons. The van der Waals surface area contributed by atoms with E-state index in [9.17, 15) is 4.79 Å². The summed E-state index contributed by atoms with van der Waals surface area (Å²) < 4.78 is 10.5.